The molecule has 0 bridgehead atoms. The number of nitrogens with zero attached hydrogens (tertiary/aromatic N) is 1. The summed E-state index contributed by atoms with van der Waals surface area (Å²) in [5.41, 5.74) is 2.57. The number of nitrogens with one attached hydrogen (secondary N) is 1. The summed E-state index contributed by atoms with van der Waals surface area (Å²) < 4.78 is 0. The maximum absolute atomic E-state index is 13.0. The van der Waals surface area contributed by atoms with Crippen LogP contribution in [0.15, 0.2) is 54.6 Å². The highest BCUT2D eigenvalue weighted by atomic mass is 16.2. The van der Waals surface area contributed by atoms with Gasteiger partial charge < -0.3 is 10.2 Å². The van der Waals surface area contributed by atoms with Crippen molar-refractivity contribution in [3.8, 4) is 0 Å². The molecule has 1 heterocycles. The molecule has 4 heteroatoms. The number of carbonyl (C=O) groups excluding carboxylic acids is 2. The van der Waals surface area contributed by atoms with Crippen LogP contribution in [0, 0.1) is 5.92 Å². The van der Waals surface area contributed by atoms with Crippen molar-refractivity contribution < 1.29 is 9.59 Å². The first-order valence-corrected chi connectivity index (χ1v) is 10.9. The standard InChI is InChI=1S/C25H30N2O2/c28-24(26-23-11-4-5-12-23)21-9-6-10-22(18-21)25(29)27-15-13-20(14-16-27)17-19-7-2-1-3-8-19/h1-3,6-10,18,20,23H,4-5,11-17H2,(H,26,28). The molecule has 1 aliphatic carbocycles. The van der Waals surface area contributed by atoms with E-state index in [0.717, 1.165) is 45.2 Å². The molecule has 29 heavy (non-hydrogen) atoms. The maximum atomic E-state index is 13.0. The first-order valence-electron chi connectivity index (χ1n) is 10.9. The van der Waals surface area contributed by atoms with E-state index in [4.69, 9.17) is 0 Å². The van der Waals surface area contributed by atoms with Crippen molar-refractivity contribution in [3.05, 3.63) is 71.3 Å². The van der Waals surface area contributed by atoms with E-state index in [0.29, 0.717) is 17.0 Å². The fourth-order valence-electron chi connectivity index (χ4n) is 4.60. The number of likely N-dealkylation sites (tertiary alicyclic amines) is 1. The summed E-state index contributed by atoms with van der Waals surface area (Å²) in [5, 5.41) is 3.11. The minimum absolute atomic E-state index is 0.0404. The van der Waals surface area contributed by atoms with Crippen LogP contribution in [0.5, 0.6) is 0 Å². The Labute approximate surface area is 173 Å². The van der Waals surface area contributed by atoms with Gasteiger partial charge in [0.1, 0.15) is 0 Å². The Kier molecular flexibility index (Phi) is 6.28. The maximum Gasteiger partial charge on any atom is 0.253 e. The van der Waals surface area contributed by atoms with Gasteiger partial charge in [-0.3, -0.25) is 9.59 Å². The van der Waals surface area contributed by atoms with Gasteiger partial charge >= 0.3 is 0 Å². The molecule has 1 N–H and O–H groups in total. The Balaban J connectivity index is 1.33. The Morgan fingerprint density at radius 2 is 1.55 bits per heavy atom. The zero-order chi connectivity index (χ0) is 20.1. The van der Waals surface area contributed by atoms with Crippen molar-refractivity contribution in [2.24, 2.45) is 5.92 Å². The van der Waals surface area contributed by atoms with Crippen molar-refractivity contribution in [1.29, 1.82) is 0 Å². The minimum atomic E-state index is -0.0619. The second-order valence-electron chi connectivity index (χ2n) is 8.46. The van der Waals surface area contributed by atoms with Crippen LogP contribution in [-0.2, 0) is 6.42 Å². The van der Waals surface area contributed by atoms with Gasteiger partial charge in [-0.2, -0.15) is 0 Å². The quantitative estimate of drug-likeness (QED) is 0.820. The van der Waals surface area contributed by atoms with Crippen LogP contribution in [-0.4, -0.2) is 35.8 Å². The molecule has 2 aromatic rings. The van der Waals surface area contributed by atoms with Crippen molar-refractivity contribution in [2.75, 3.05) is 13.1 Å². The lowest BCUT2D eigenvalue weighted by atomic mass is 9.90. The van der Waals surface area contributed by atoms with Gasteiger partial charge in [-0.05, 0) is 61.8 Å². The zero-order valence-electron chi connectivity index (χ0n) is 17.0. The van der Waals surface area contributed by atoms with Crippen LogP contribution in [0.25, 0.3) is 0 Å². The molecule has 0 radical (unpaired) electrons. The van der Waals surface area contributed by atoms with Crippen LogP contribution < -0.4 is 5.32 Å². The molecule has 152 valence electrons. The molecule has 2 aromatic carbocycles. The van der Waals surface area contributed by atoms with Crippen LogP contribution >= 0.6 is 0 Å². The largest absolute Gasteiger partial charge is 0.349 e. The lowest BCUT2D eigenvalue weighted by molar-refractivity contribution is 0.0690. The highest BCUT2D eigenvalue weighted by Crippen LogP contribution is 2.23. The lowest BCUT2D eigenvalue weighted by Crippen LogP contribution is -2.39. The number of benzene rings is 2. The predicted molar refractivity (Wildman–Crippen MR) is 115 cm³/mol. The normalized spacial score (nSPS) is 18.0. The van der Waals surface area contributed by atoms with Crippen LogP contribution in [0.1, 0.15) is 64.8 Å². The predicted octanol–water partition coefficient (Wildman–Crippen LogP) is 4.45. The van der Waals surface area contributed by atoms with Crippen molar-refractivity contribution >= 4 is 11.8 Å². The van der Waals surface area contributed by atoms with Gasteiger partial charge in [-0.15, -0.1) is 0 Å². The van der Waals surface area contributed by atoms with Gasteiger partial charge in [0.25, 0.3) is 11.8 Å². The average Bonchev–Trinajstić information content (AvgIpc) is 3.28. The Morgan fingerprint density at radius 3 is 2.28 bits per heavy atom. The summed E-state index contributed by atoms with van der Waals surface area (Å²) >= 11 is 0. The average molecular weight is 391 g/mol. The molecule has 0 atom stereocenters. The number of amides is 2. The molecule has 1 saturated carbocycles. The third kappa shape index (κ3) is 5.06. The summed E-state index contributed by atoms with van der Waals surface area (Å²) in [7, 11) is 0. The topological polar surface area (TPSA) is 49.4 Å². The van der Waals surface area contributed by atoms with Crippen LogP contribution in [0.2, 0.25) is 0 Å². The van der Waals surface area contributed by atoms with Crippen LogP contribution in [0.3, 0.4) is 0 Å². The number of hydrogen-bond acceptors (Lipinski definition) is 2. The van der Waals surface area contributed by atoms with Gasteiger partial charge in [0.2, 0.25) is 0 Å². The molecular weight excluding hydrogens is 360 g/mol. The molecule has 4 nitrogen and oxygen atoms in total. The van der Waals surface area contributed by atoms with E-state index in [1.165, 1.54) is 18.4 Å². The molecular formula is C25H30N2O2. The first-order chi connectivity index (χ1) is 14.2. The lowest BCUT2D eigenvalue weighted by Gasteiger charge is -2.32. The summed E-state index contributed by atoms with van der Waals surface area (Å²) in [6.07, 6.45) is 7.63. The van der Waals surface area contributed by atoms with Crippen LogP contribution in [0.4, 0.5) is 0 Å². The second kappa shape index (κ2) is 9.25. The van der Waals surface area contributed by atoms with E-state index >= 15 is 0 Å². The highest BCUT2D eigenvalue weighted by Gasteiger charge is 2.24. The fraction of sp³-hybridized carbons (Fsp3) is 0.440. The van der Waals surface area contributed by atoms with E-state index < -0.39 is 0 Å². The summed E-state index contributed by atoms with van der Waals surface area (Å²) in [6, 6.07) is 18.1. The summed E-state index contributed by atoms with van der Waals surface area (Å²) in [6.45, 7) is 1.57. The Hall–Kier alpha value is -2.62. The molecule has 0 aromatic heterocycles. The number of piperidine rings is 1. The first kappa shape index (κ1) is 19.7. The SMILES string of the molecule is O=C(NC1CCCC1)c1cccc(C(=O)N2CCC(Cc3ccccc3)CC2)c1. The van der Waals surface area contributed by atoms with Gasteiger partial charge in [-0.1, -0.05) is 49.2 Å². The summed E-state index contributed by atoms with van der Waals surface area (Å²) in [5.74, 6) is 0.608. The molecule has 2 aliphatic rings. The van der Waals surface area contributed by atoms with Crippen molar-refractivity contribution in [1.82, 2.24) is 10.2 Å². The highest BCUT2D eigenvalue weighted by molar-refractivity contribution is 5.99. The zero-order valence-corrected chi connectivity index (χ0v) is 17.0. The molecule has 1 saturated heterocycles. The number of hydrogen-bond donors (Lipinski definition) is 1. The van der Waals surface area contributed by atoms with E-state index in [1.807, 2.05) is 23.1 Å². The van der Waals surface area contributed by atoms with E-state index in [1.54, 1.807) is 12.1 Å². The third-order valence-electron chi connectivity index (χ3n) is 6.33. The number of carbonyl (C=O) groups is 2. The molecule has 4 rings (SSSR count). The summed E-state index contributed by atoms with van der Waals surface area (Å²) in [4.78, 5) is 27.5. The smallest absolute Gasteiger partial charge is 0.253 e. The molecule has 2 amide bonds. The molecule has 1 aliphatic heterocycles. The Bertz CT molecular complexity index is 835. The van der Waals surface area contributed by atoms with E-state index in [2.05, 4.69) is 29.6 Å². The van der Waals surface area contributed by atoms with E-state index in [9.17, 15) is 9.59 Å². The van der Waals surface area contributed by atoms with Gasteiger partial charge in [0, 0.05) is 30.3 Å². The Morgan fingerprint density at radius 1 is 0.862 bits per heavy atom. The molecule has 0 unspecified atom stereocenters. The van der Waals surface area contributed by atoms with E-state index in [-0.39, 0.29) is 17.9 Å². The van der Waals surface area contributed by atoms with Gasteiger partial charge in [-0.25, -0.2) is 0 Å². The van der Waals surface area contributed by atoms with Gasteiger partial charge in [0.15, 0.2) is 0 Å². The monoisotopic (exact) mass is 390 g/mol. The second-order valence-corrected chi connectivity index (χ2v) is 8.46. The van der Waals surface area contributed by atoms with Crippen molar-refractivity contribution in [3.63, 3.8) is 0 Å². The van der Waals surface area contributed by atoms with Gasteiger partial charge in [0.05, 0.1) is 0 Å². The minimum Gasteiger partial charge on any atom is -0.349 e. The molecule has 0 spiro atoms. The molecule has 2 fully saturated rings. The fourth-order valence-corrected chi connectivity index (χ4v) is 4.60. The third-order valence-corrected chi connectivity index (χ3v) is 6.33. The number of rotatable bonds is 5. The van der Waals surface area contributed by atoms with Crippen molar-refractivity contribution in [2.45, 2.75) is 51.0 Å².